The molecule has 3 rings (SSSR count). The van der Waals surface area contributed by atoms with E-state index in [1.165, 1.54) is 0 Å². The summed E-state index contributed by atoms with van der Waals surface area (Å²) in [6, 6.07) is 4.34. The fourth-order valence-corrected chi connectivity index (χ4v) is 2.43. The van der Waals surface area contributed by atoms with E-state index in [0.717, 1.165) is 31.2 Å². The summed E-state index contributed by atoms with van der Waals surface area (Å²) in [5, 5.41) is 4.31. The Labute approximate surface area is 112 Å². The molecule has 2 aromatic heterocycles. The van der Waals surface area contributed by atoms with Crippen molar-refractivity contribution in [3.8, 4) is 0 Å². The molecule has 0 spiro atoms. The van der Waals surface area contributed by atoms with Crippen LogP contribution in [-0.2, 0) is 11.3 Å². The summed E-state index contributed by atoms with van der Waals surface area (Å²) in [6.45, 7) is 2.38. The zero-order valence-electron chi connectivity index (χ0n) is 10.9. The average molecular weight is 259 g/mol. The molecule has 1 unspecified atom stereocenters. The van der Waals surface area contributed by atoms with E-state index in [4.69, 9.17) is 4.74 Å². The maximum Gasteiger partial charge on any atom is 0.156 e. The minimum absolute atomic E-state index is 0.427. The molecule has 0 amide bonds. The molecule has 19 heavy (non-hydrogen) atoms. The van der Waals surface area contributed by atoms with Gasteiger partial charge in [-0.25, -0.2) is 9.97 Å². The number of ether oxygens (including phenoxy) is 1. The van der Waals surface area contributed by atoms with E-state index >= 15 is 0 Å². The molecule has 1 aliphatic rings. The standard InChI is InChI=1S/C13H17N5O/c1-19-10-12-14-6-3-13(16-12)17-8-4-11(9-17)18-7-2-5-15-18/h2-3,5-7,11H,4,8-10H2,1H3. The summed E-state index contributed by atoms with van der Waals surface area (Å²) >= 11 is 0. The van der Waals surface area contributed by atoms with Crippen molar-refractivity contribution in [2.45, 2.75) is 19.1 Å². The molecule has 1 atom stereocenters. The molecule has 6 heteroatoms. The molecule has 100 valence electrons. The van der Waals surface area contributed by atoms with E-state index < -0.39 is 0 Å². The summed E-state index contributed by atoms with van der Waals surface area (Å²) in [5.41, 5.74) is 0. The van der Waals surface area contributed by atoms with Crippen LogP contribution in [0.5, 0.6) is 0 Å². The molecule has 0 N–H and O–H groups in total. The van der Waals surface area contributed by atoms with Crippen molar-refractivity contribution >= 4 is 5.82 Å². The third-order valence-corrected chi connectivity index (χ3v) is 3.35. The Morgan fingerprint density at radius 3 is 3.16 bits per heavy atom. The fraction of sp³-hybridized carbons (Fsp3) is 0.462. The third-order valence-electron chi connectivity index (χ3n) is 3.35. The fourth-order valence-electron chi connectivity index (χ4n) is 2.43. The SMILES string of the molecule is COCc1nccc(N2CCC(n3cccn3)C2)n1. The zero-order valence-corrected chi connectivity index (χ0v) is 10.9. The van der Waals surface area contributed by atoms with Gasteiger partial charge in [-0.15, -0.1) is 0 Å². The molecule has 0 aliphatic carbocycles. The first kappa shape index (κ1) is 12.1. The van der Waals surface area contributed by atoms with Crippen LogP contribution in [0.2, 0.25) is 0 Å². The second kappa shape index (κ2) is 5.36. The van der Waals surface area contributed by atoms with Gasteiger partial charge in [0.15, 0.2) is 5.82 Å². The number of nitrogens with zero attached hydrogens (tertiary/aromatic N) is 5. The van der Waals surface area contributed by atoms with Gasteiger partial charge in [0.1, 0.15) is 12.4 Å². The molecule has 6 nitrogen and oxygen atoms in total. The summed E-state index contributed by atoms with van der Waals surface area (Å²) in [6.07, 6.45) is 6.72. The van der Waals surface area contributed by atoms with E-state index in [9.17, 15) is 0 Å². The van der Waals surface area contributed by atoms with Crippen LogP contribution in [0.3, 0.4) is 0 Å². The van der Waals surface area contributed by atoms with Crippen LogP contribution in [-0.4, -0.2) is 39.9 Å². The predicted molar refractivity (Wildman–Crippen MR) is 70.8 cm³/mol. The number of methoxy groups -OCH3 is 1. The van der Waals surface area contributed by atoms with Crippen LogP contribution in [0.15, 0.2) is 30.7 Å². The Kier molecular flexibility index (Phi) is 3.41. The number of aromatic nitrogens is 4. The van der Waals surface area contributed by atoms with Gasteiger partial charge in [-0.1, -0.05) is 0 Å². The Morgan fingerprint density at radius 2 is 2.37 bits per heavy atom. The normalized spacial score (nSPS) is 19.0. The third kappa shape index (κ3) is 2.58. The molecule has 0 radical (unpaired) electrons. The minimum Gasteiger partial charge on any atom is -0.377 e. The van der Waals surface area contributed by atoms with Crippen LogP contribution < -0.4 is 4.90 Å². The quantitative estimate of drug-likeness (QED) is 0.827. The molecule has 0 saturated carbocycles. The smallest absolute Gasteiger partial charge is 0.156 e. The Hall–Kier alpha value is -1.95. The second-order valence-corrected chi connectivity index (χ2v) is 4.64. The lowest BCUT2D eigenvalue weighted by Gasteiger charge is -2.17. The number of hydrogen-bond donors (Lipinski definition) is 0. The van der Waals surface area contributed by atoms with E-state index in [2.05, 4.69) is 20.0 Å². The lowest BCUT2D eigenvalue weighted by Crippen LogP contribution is -2.22. The number of hydrogen-bond acceptors (Lipinski definition) is 5. The summed E-state index contributed by atoms with van der Waals surface area (Å²) < 4.78 is 7.09. The van der Waals surface area contributed by atoms with Crippen LogP contribution in [0.25, 0.3) is 0 Å². The van der Waals surface area contributed by atoms with Crippen molar-refractivity contribution in [1.29, 1.82) is 0 Å². The highest BCUT2D eigenvalue weighted by Gasteiger charge is 2.25. The summed E-state index contributed by atoms with van der Waals surface area (Å²) in [5.74, 6) is 1.69. The van der Waals surface area contributed by atoms with Crippen molar-refractivity contribution in [2.24, 2.45) is 0 Å². The van der Waals surface area contributed by atoms with Crippen molar-refractivity contribution in [3.63, 3.8) is 0 Å². The van der Waals surface area contributed by atoms with Crippen molar-refractivity contribution in [1.82, 2.24) is 19.7 Å². The molecular weight excluding hydrogens is 242 g/mol. The van der Waals surface area contributed by atoms with Gasteiger partial charge in [-0.2, -0.15) is 5.10 Å². The molecule has 1 saturated heterocycles. The predicted octanol–water partition coefficient (Wildman–Crippen LogP) is 1.27. The topological polar surface area (TPSA) is 56.1 Å². The highest BCUT2D eigenvalue weighted by Crippen LogP contribution is 2.24. The highest BCUT2D eigenvalue weighted by molar-refractivity contribution is 5.39. The molecule has 0 bridgehead atoms. The molecule has 3 heterocycles. The van der Waals surface area contributed by atoms with Gasteiger partial charge in [0.05, 0.1) is 6.04 Å². The number of anilines is 1. The van der Waals surface area contributed by atoms with Gasteiger partial charge in [-0.3, -0.25) is 4.68 Å². The van der Waals surface area contributed by atoms with E-state index in [1.807, 2.05) is 29.2 Å². The van der Waals surface area contributed by atoms with Crippen LogP contribution in [0.4, 0.5) is 5.82 Å². The van der Waals surface area contributed by atoms with Gasteiger partial charge in [0, 0.05) is 38.8 Å². The van der Waals surface area contributed by atoms with E-state index in [1.54, 1.807) is 13.3 Å². The van der Waals surface area contributed by atoms with Crippen molar-refractivity contribution < 1.29 is 4.74 Å². The van der Waals surface area contributed by atoms with Crippen molar-refractivity contribution in [2.75, 3.05) is 25.1 Å². The first-order valence-corrected chi connectivity index (χ1v) is 6.42. The number of rotatable bonds is 4. The molecule has 1 fully saturated rings. The van der Waals surface area contributed by atoms with Crippen LogP contribution in [0, 0.1) is 0 Å². The molecular formula is C13H17N5O. The van der Waals surface area contributed by atoms with Gasteiger partial charge in [0.25, 0.3) is 0 Å². The first-order chi connectivity index (χ1) is 9.36. The largest absolute Gasteiger partial charge is 0.377 e. The Balaban J connectivity index is 1.72. The van der Waals surface area contributed by atoms with Gasteiger partial charge >= 0.3 is 0 Å². The maximum absolute atomic E-state index is 5.07. The summed E-state index contributed by atoms with van der Waals surface area (Å²) in [4.78, 5) is 11.0. The van der Waals surface area contributed by atoms with Crippen LogP contribution in [0.1, 0.15) is 18.3 Å². The Morgan fingerprint density at radius 1 is 1.42 bits per heavy atom. The highest BCUT2D eigenvalue weighted by atomic mass is 16.5. The molecule has 0 aromatic carbocycles. The lowest BCUT2D eigenvalue weighted by atomic mass is 10.3. The summed E-state index contributed by atoms with van der Waals surface area (Å²) in [7, 11) is 1.65. The maximum atomic E-state index is 5.07. The second-order valence-electron chi connectivity index (χ2n) is 4.64. The van der Waals surface area contributed by atoms with Gasteiger partial charge in [-0.05, 0) is 18.6 Å². The van der Waals surface area contributed by atoms with E-state index in [0.29, 0.717) is 12.6 Å². The minimum atomic E-state index is 0.427. The Bertz CT molecular complexity index is 528. The van der Waals surface area contributed by atoms with Gasteiger partial charge < -0.3 is 9.64 Å². The van der Waals surface area contributed by atoms with Gasteiger partial charge in [0.2, 0.25) is 0 Å². The average Bonchev–Trinajstić information content (AvgIpc) is 3.11. The van der Waals surface area contributed by atoms with Crippen LogP contribution >= 0.6 is 0 Å². The first-order valence-electron chi connectivity index (χ1n) is 6.42. The van der Waals surface area contributed by atoms with Crippen molar-refractivity contribution in [3.05, 3.63) is 36.5 Å². The van der Waals surface area contributed by atoms with E-state index in [-0.39, 0.29) is 0 Å². The zero-order chi connectivity index (χ0) is 13.1. The molecule has 2 aromatic rings. The lowest BCUT2D eigenvalue weighted by molar-refractivity contribution is 0.178. The molecule has 1 aliphatic heterocycles. The monoisotopic (exact) mass is 259 g/mol.